The van der Waals surface area contributed by atoms with Crippen molar-refractivity contribution in [1.82, 2.24) is 50.8 Å². The lowest BCUT2D eigenvalue weighted by atomic mass is 9.82. The molecule has 0 radical (unpaired) electrons. The van der Waals surface area contributed by atoms with E-state index in [2.05, 4.69) is 56.8 Å². The maximum absolute atomic E-state index is 14.6. The van der Waals surface area contributed by atoms with E-state index in [9.17, 15) is 59.4 Å². The lowest BCUT2D eigenvalue weighted by Gasteiger charge is -2.47. The largest absolute Gasteiger partial charge is 0.453 e. The monoisotopic (exact) mass is 1150 g/mol. The summed E-state index contributed by atoms with van der Waals surface area (Å²) < 4.78 is 128. The number of hydrogen-bond donors (Lipinski definition) is 5. The van der Waals surface area contributed by atoms with Gasteiger partial charge in [-0.05, 0) is 82.7 Å². The number of aliphatic hydroxyl groups is 1. The van der Waals surface area contributed by atoms with Gasteiger partial charge < -0.3 is 45.5 Å². The van der Waals surface area contributed by atoms with Gasteiger partial charge in [-0.1, -0.05) is 48.2 Å². The van der Waals surface area contributed by atoms with Gasteiger partial charge in [-0.15, -0.1) is 0 Å². The second-order valence-electron chi connectivity index (χ2n) is 21.3. The van der Waals surface area contributed by atoms with Gasteiger partial charge in [0, 0.05) is 68.0 Å². The summed E-state index contributed by atoms with van der Waals surface area (Å²) in [5.74, 6) is 4.01. The molecule has 2 bridgehead atoms. The molecule has 2 aromatic heterocycles. The molecule has 3 aliphatic rings. The van der Waals surface area contributed by atoms with E-state index in [0.29, 0.717) is 84.3 Å². The van der Waals surface area contributed by atoms with Gasteiger partial charge in [-0.3, -0.25) is 19.4 Å². The fourth-order valence-electron chi connectivity index (χ4n) is 9.79. The number of nitrogens with one attached hydrogen (secondary N) is 4. The minimum absolute atomic E-state index is 0.0849. The number of carbonyl (C=O) groups is 4. The van der Waals surface area contributed by atoms with Crippen molar-refractivity contribution in [2.24, 2.45) is 10.8 Å². The van der Waals surface area contributed by atoms with Gasteiger partial charge in [0.2, 0.25) is 17.8 Å². The predicted molar refractivity (Wildman–Crippen MR) is 277 cm³/mol. The molecular formula is C54H65F8N11O8. The van der Waals surface area contributed by atoms with E-state index in [4.69, 9.17) is 4.74 Å². The third-order valence-electron chi connectivity index (χ3n) is 15.1. The number of alkyl carbamates (subject to hydrolysis) is 2. The maximum Gasteiger partial charge on any atom is 0.407 e. The summed E-state index contributed by atoms with van der Waals surface area (Å²) in [5, 5.41) is 24.7. The molecule has 2 aromatic carbocycles. The molecular weight excluding hydrogens is 1080 g/mol. The fraction of sp³-hybridized carbons (Fsp3) is 0.537. The zero-order valence-corrected chi connectivity index (χ0v) is 45.3. The minimum atomic E-state index is -5.07. The van der Waals surface area contributed by atoms with Crippen molar-refractivity contribution in [3.63, 3.8) is 0 Å². The van der Waals surface area contributed by atoms with Crippen LogP contribution in [-0.4, -0.2) is 174 Å². The molecule has 4 amide bonds. The smallest absolute Gasteiger partial charge is 0.407 e. The van der Waals surface area contributed by atoms with Crippen LogP contribution in [-0.2, 0) is 36.6 Å². The van der Waals surface area contributed by atoms with Gasteiger partial charge in [0.25, 0.3) is 0 Å². The number of amides is 4. The molecule has 81 heavy (non-hydrogen) atoms. The van der Waals surface area contributed by atoms with Gasteiger partial charge in [0.05, 0.1) is 74.4 Å². The molecule has 3 aliphatic heterocycles. The summed E-state index contributed by atoms with van der Waals surface area (Å²) in [6.45, 7) is 1.82. The highest BCUT2D eigenvalue weighted by Crippen LogP contribution is 2.42. The quantitative estimate of drug-likeness (QED) is 0.0378. The summed E-state index contributed by atoms with van der Waals surface area (Å²) in [7, 11) is 1.78. The average molecular weight is 1150 g/mol. The predicted octanol–water partition coefficient (Wildman–Crippen LogP) is 5.82. The molecule has 440 valence electrons. The first kappa shape index (κ1) is 61.5. The summed E-state index contributed by atoms with van der Waals surface area (Å²) >= 11 is 0. The van der Waals surface area contributed by atoms with Crippen molar-refractivity contribution in [2.75, 3.05) is 65.2 Å². The molecule has 27 heteroatoms. The van der Waals surface area contributed by atoms with Crippen LogP contribution in [0.5, 0.6) is 0 Å². The van der Waals surface area contributed by atoms with Crippen LogP contribution in [0.2, 0.25) is 0 Å². The number of ether oxygens (including phenoxy) is 3. The minimum Gasteiger partial charge on any atom is -0.453 e. The Labute approximate surface area is 462 Å². The molecule has 4 aromatic rings. The number of nitrogens with zero attached hydrogens (tertiary/aromatic N) is 7. The average Bonchev–Trinajstić information content (AvgIpc) is 4.16. The van der Waals surface area contributed by atoms with E-state index in [1.54, 1.807) is 60.9 Å². The van der Waals surface area contributed by atoms with Crippen molar-refractivity contribution in [3.05, 3.63) is 95.4 Å². The Morgan fingerprint density at radius 2 is 1.30 bits per heavy atom. The standard InChI is InChI=1S/C54H65F8N11O8/c1-51(2,53(57,58)59)43(67-49(77)79-5)45(75)65-31-70(21-19-33-13-15-36(16-14-33)40-20-22-72(69-40)47(55)56)28-42(74)41(66-46(76)44(68-50(78)80-6)52(3,4)54(60,61)62)23-34-10-7-32(8-11-34)9-12-35-24-63-48(64-25-35)71-26-37-17-18-38(27-71)73(37)39-29-81-30-39/h7-8,10-11,13-16,20,22,24-25,37-39,41-44,47,74H,17-19,21,23,26-31H2,1-6H3,(H,65,75)(H,66,76)(H,67,77)(H,68,78)/t37?,38?,41-,42-,43+,44+/m0/s1. The molecule has 19 nitrogen and oxygen atoms in total. The number of hydrogen-bond acceptors (Lipinski definition) is 14. The van der Waals surface area contributed by atoms with Gasteiger partial charge in [0.15, 0.2) is 0 Å². The highest BCUT2D eigenvalue weighted by atomic mass is 19.4. The first-order valence-corrected chi connectivity index (χ1v) is 26.0. The zero-order chi connectivity index (χ0) is 59.0. The number of rotatable bonds is 21. The van der Waals surface area contributed by atoms with Gasteiger partial charge >= 0.3 is 31.1 Å². The number of benzene rings is 2. The van der Waals surface area contributed by atoms with Gasteiger partial charge in [-0.25, -0.2) is 24.2 Å². The van der Waals surface area contributed by atoms with Crippen LogP contribution in [0.3, 0.4) is 0 Å². The molecule has 5 N–H and O–H groups in total. The topological polar surface area (TPSA) is 218 Å². The summed E-state index contributed by atoms with van der Waals surface area (Å²) in [5.41, 5.74) is -2.94. The molecule has 3 saturated heterocycles. The Hall–Kier alpha value is -7.15. The molecule has 2 unspecified atom stereocenters. The van der Waals surface area contributed by atoms with Crippen molar-refractivity contribution in [1.29, 1.82) is 0 Å². The fourth-order valence-corrected chi connectivity index (χ4v) is 9.79. The van der Waals surface area contributed by atoms with Crippen LogP contribution >= 0.6 is 0 Å². The van der Waals surface area contributed by atoms with E-state index in [1.807, 2.05) is 10.6 Å². The third-order valence-corrected chi connectivity index (χ3v) is 15.1. The van der Waals surface area contributed by atoms with Crippen LogP contribution in [0.4, 0.5) is 50.7 Å². The Morgan fingerprint density at radius 1 is 0.753 bits per heavy atom. The van der Waals surface area contributed by atoms with Crippen molar-refractivity contribution in [3.8, 4) is 23.1 Å². The second kappa shape index (κ2) is 25.8. The van der Waals surface area contributed by atoms with Gasteiger partial charge in [-0.2, -0.15) is 40.2 Å². The highest BCUT2D eigenvalue weighted by molar-refractivity contribution is 5.87. The number of carbonyl (C=O) groups excluding carboxylic acids is 4. The van der Waals surface area contributed by atoms with Crippen molar-refractivity contribution < 1.29 is 73.6 Å². The number of methoxy groups -OCH3 is 2. The third kappa shape index (κ3) is 15.1. The zero-order valence-electron chi connectivity index (χ0n) is 45.3. The number of anilines is 1. The molecule has 0 spiro atoms. The van der Waals surface area contributed by atoms with Crippen molar-refractivity contribution in [2.45, 2.75) is 115 Å². The van der Waals surface area contributed by atoms with Crippen LogP contribution in [0.1, 0.15) is 69.3 Å². The van der Waals surface area contributed by atoms with E-state index in [-0.39, 0.29) is 25.1 Å². The SMILES string of the molecule is COC(=O)N[C@H](C(=O)NCN(CCc1ccc(-c2ccn(C(F)F)n2)cc1)C[C@H](O)[C@H](Cc1ccc(C#Cc2cnc(N3CC4CCC(C3)N4C3COC3)nc2)cc1)NC(=O)[C@@H](NC(=O)OC)C(C)(C)C(F)(F)F)C(C)(C)C(F)(F)F. The maximum atomic E-state index is 14.6. The van der Waals surface area contributed by atoms with E-state index in [0.717, 1.165) is 59.6 Å². The summed E-state index contributed by atoms with van der Waals surface area (Å²) in [4.78, 5) is 67.8. The summed E-state index contributed by atoms with van der Waals surface area (Å²) in [6.07, 6.45) is -8.10. The molecule has 7 rings (SSSR count). The normalized spacial score (nSPS) is 18.5. The Balaban J connectivity index is 1.12. The number of piperazine rings is 1. The van der Waals surface area contributed by atoms with Crippen LogP contribution < -0.4 is 26.2 Å². The summed E-state index contributed by atoms with van der Waals surface area (Å²) in [6, 6.07) is 9.61. The first-order valence-electron chi connectivity index (χ1n) is 26.0. The highest BCUT2D eigenvalue weighted by Gasteiger charge is 2.57. The van der Waals surface area contributed by atoms with Gasteiger partial charge in [0.1, 0.15) is 12.1 Å². The Morgan fingerprint density at radius 3 is 1.80 bits per heavy atom. The molecule has 0 saturated carbocycles. The number of alkyl halides is 8. The number of aromatic nitrogens is 4. The lowest BCUT2D eigenvalue weighted by molar-refractivity contribution is -0.220. The second-order valence-corrected chi connectivity index (χ2v) is 21.3. The number of fused-ring (bicyclic) bond motifs is 2. The number of halogens is 8. The van der Waals surface area contributed by atoms with E-state index < -0.39 is 91.2 Å². The Kier molecular flexibility index (Phi) is 19.5. The Bertz CT molecular complexity index is 2840. The van der Waals surface area contributed by atoms with Crippen LogP contribution in [0, 0.1) is 22.7 Å². The van der Waals surface area contributed by atoms with E-state index in [1.165, 1.54) is 11.0 Å². The molecule has 6 atom stereocenters. The first-order chi connectivity index (χ1) is 38.2. The molecule has 3 fully saturated rings. The molecule has 0 aliphatic carbocycles. The van der Waals surface area contributed by atoms with Crippen molar-refractivity contribution >= 4 is 29.9 Å². The van der Waals surface area contributed by atoms with Crippen LogP contribution in [0.15, 0.2) is 73.2 Å². The van der Waals surface area contributed by atoms with Crippen LogP contribution in [0.25, 0.3) is 11.3 Å². The molecule has 5 heterocycles. The van der Waals surface area contributed by atoms with E-state index >= 15 is 0 Å². The number of aliphatic hydroxyl groups excluding tert-OH is 1. The lowest BCUT2D eigenvalue weighted by Crippen LogP contribution is -2.62.